The number of aromatic nitrogens is 1. The van der Waals surface area contributed by atoms with Crippen molar-refractivity contribution in [3.8, 4) is 5.75 Å². The van der Waals surface area contributed by atoms with Crippen LogP contribution in [-0.4, -0.2) is 17.5 Å². The smallest absolute Gasteiger partial charge is 0.143 e. The summed E-state index contributed by atoms with van der Waals surface area (Å²) < 4.78 is 7.56. The molecule has 3 heteroatoms. The molecule has 96 valence electrons. The van der Waals surface area contributed by atoms with Crippen molar-refractivity contribution in [2.24, 2.45) is 7.05 Å². The first-order chi connectivity index (χ1) is 8.45. The molecule has 0 aliphatic carbocycles. The molecule has 0 fully saturated rings. The number of nitrogens with zero attached hydrogens (tertiary/aromatic N) is 1. The summed E-state index contributed by atoms with van der Waals surface area (Å²) in [5.74, 6) is 1.05. The van der Waals surface area contributed by atoms with Gasteiger partial charge in [-0.15, -0.1) is 0 Å². The maximum Gasteiger partial charge on any atom is 0.143 e. The van der Waals surface area contributed by atoms with Gasteiger partial charge in [-0.1, -0.05) is 0 Å². The number of aryl methyl sites for hydroxylation is 2. The Bertz CT molecular complexity index is 623. The number of ether oxygens (including phenoxy) is 1. The van der Waals surface area contributed by atoms with Gasteiger partial charge in [0.15, 0.2) is 0 Å². The number of fused-ring (bicyclic) bond motifs is 1. The van der Waals surface area contributed by atoms with Gasteiger partial charge in [0, 0.05) is 24.5 Å². The van der Waals surface area contributed by atoms with Crippen LogP contribution in [0, 0.1) is 13.8 Å². The molecule has 0 saturated heterocycles. The van der Waals surface area contributed by atoms with Gasteiger partial charge >= 0.3 is 0 Å². The van der Waals surface area contributed by atoms with Crippen molar-refractivity contribution in [1.29, 1.82) is 0 Å². The standard InChI is InChI=1S/C15H19NO2/c1-9-6-13-12(8-10(2)17)11(3)16(4)15(13)14(7-9)18-5/h6-7H,8H2,1-5H3. The van der Waals surface area contributed by atoms with Crippen molar-refractivity contribution in [3.63, 3.8) is 0 Å². The number of methoxy groups -OCH3 is 1. The van der Waals surface area contributed by atoms with Gasteiger partial charge in [0.05, 0.1) is 12.6 Å². The van der Waals surface area contributed by atoms with E-state index < -0.39 is 0 Å². The number of hydrogen-bond acceptors (Lipinski definition) is 2. The Morgan fingerprint density at radius 3 is 2.56 bits per heavy atom. The fourth-order valence-corrected chi connectivity index (χ4v) is 2.51. The van der Waals surface area contributed by atoms with Gasteiger partial charge in [-0.2, -0.15) is 0 Å². The molecule has 0 amide bonds. The number of carbonyl (C=O) groups is 1. The molecule has 1 aromatic carbocycles. The van der Waals surface area contributed by atoms with Crippen molar-refractivity contribution < 1.29 is 9.53 Å². The van der Waals surface area contributed by atoms with E-state index in [2.05, 4.69) is 10.6 Å². The fraction of sp³-hybridized carbons (Fsp3) is 0.400. The molecule has 0 spiro atoms. The molecule has 0 saturated carbocycles. The van der Waals surface area contributed by atoms with Crippen molar-refractivity contribution in [3.05, 3.63) is 29.0 Å². The van der Waals surface area contributed by atoms with E-state index in [4.69, 9.17) is 4.74 Å². The molecule has 0 atom stereocenters. The van der Waals surface area contributed by atoms with Crippen molar-refractivity contribution in [1.82, 2.24) is 4.57 Å². The highest BCUT2D eigenvalue weighted by molar-refractivity contribution is 5.94. The number of rotatable bonds is 3. The Kier molecular flexibility index (Phi) is 3.16. The Labute approximate surface area is 107 Å². The second-order valence-electron chi connectivity index (χ2n) is 4.87. The van der Waals surface area contributed by atoms with Gasteiger partial charge in [0.25, 0.3) is 0 Å². The Morgan fingerprint density at radius 1 is 1.33 bits per heavy atom. The highest BCUT2D eigenvalue weighted by atomic mass is 16.5. The van der Waals surface area contributed by atoms with E-state index in [0.717, 1.165) is 33.5 Å². The Balaban J connectivity index is 2.83. The van der Waals surface area contributed by atoms with Crippen LogP contribution in [0.1, 0.15) is 23.7 Å². The van der Waals surface area contributed by atoms with Crippen LogP contribution in [0.15, 0.2) is 12.1 Å². The molecule has 18 heavy (non-hydrogen) atoms. The third-order valence-corrected chi connectivity index (χ3v) is 3.47. The minimum Gasteiger partial charge on any atom is -0.495 e. The van der Waals surface area contributed by atoms with Crippen LogP contribution in [0.25, 0.3) is 10.9 Å². The highest BCUT2D eigenvalue weighted by Gasteiger charge is 2.16. The van der Waals surface area contributed by atoms with E-state index in [9.17, 15) is 4.79 Å². The van der Waals surface area contributed by atoms with Crippen LogP contribution < -0.4 is 4.74 Å². The number of ketones is 1. The van der Waals surface area contributed by atoms with Crippen LogP contribution in [0.2, 0.25) is 0 Å². The normalized spacial score (nSPS) is 10.9. The van der Waals surface area contributed by atoms with Gasteiger partial charge in [0.2, 0.25) is 0 Å². The average molecular weight is 245 g/mol. The molecular formula is C15H19NO2. The van der Waals surface area contributed by atoms with Crippen molar-refractivity contribution in [2.45, 2.75) is 27.2 Å². The van der Waals surface area contributed by atoms with E-state index >= 15 is 0 Å². The van der Waals surface area contributed by atoms with E-state index in [1.165, 1.54) is 0 Å². The maximum atomic E-state index is 11.4. The summed E-state index contributed by atoms with van der Waals surface area (Å²) in [7, 11) is 3.69. The average Bonchev–Trinajstić information content (AvgIpc) is 2.53. The van der Waals surface area contributed by atoms with Crippen LogP contribution in [-0.2, 0) is 18.3 Å². The van der Waals surface area contributed by atoms with Gasteiger partial charge in [-0.25, -0.2) is 0 Å². The van der Waals surface area contributed by atoms with Crippen LogP contribution in [0.3, 0.4) is 0 Å². The van der Waals surface area contributed by atoms with Crippen LogP contribution >= 0.6 is 0 Å². The first kappa shape index (κ1) is 12.7. The maximum absolute atomic E-state index is 11.4. The minimum atomic E-state index is 0.186. The topological polar surface area (TPSA) is 31.2 Å². The molecule has 0 radical (unpaired) electrons. The summed E-state index contributed by atoms with van der Waals surface area (Å²) in [4.78, 5) is 11.4. The molecule has 0 unspecified atom stereocenters. The van der Waals surface area contributed by atoms with E-state index in [1.54, 1.807) is 14.0 Å². The summed E-state index contributed by atoms with van der Waals surface area (Å²) in [6, 6.07) is 4.16. The lowest BCUT2D eigenvalue weighted by molar-refractivity contribution is -0.116. The second-order valence-corrected chi connectivity index (χ2v) is 4.87. The summed E-state index contributed by atoms with van der Waals surface area (Å²) >= 11 is 0. The van der Waals surface area contributed by atoms with Gasteiger partial charge < -0.3 is 9.30 Å². The van der Waals surface area contributed by atoms with Gasteiger partial charge in [-0.05, 0) is 44.0 Å². The number of hydrogen-bond donors (Lipinski definition) is 0. The third-order valence-electron chi connectivity index (χ3n) is 3.47. The molecule has 3 nitrogen and oxygen atoms in total. The zero-order valence-corrected chi connectivity index (χ0v) is 11.6. The molecule has 0 bridgehead atoms. The summed E-state index contributed by atoms with van der Waals surface area (Å²) in [5, 5.41) is 1.13. The highest BCUT2D eigenvalue weighted by Crippen LogP contribution is 2.33. The monoisotopic (exact) mass is 245 g/mol. The lowest BCUT2D eigenvalue weighted by atomic mass is 10.0. The molecule has 1 heterocycles. The third kappa shape index (κ3) is 1.90. The molecule has 1 aromatic heterocycles. The lowest BCUT2D eigenvalue weighted by Crippen LogP contribution is -1.99. The molecule has 2 rings (SSSR count). The van der Waals surface area contributed by atoms with E-state index in [1.807, 2.05) is 27.0 Å². The van der Waals surface area contributed by atoms with Crippen molar-refractivity contribution >= 4 is 16.7 Å². The zero-order valence-electron chi connectivity index (χ0n) is 11.6. The Hall–Kier alpha value is -1.77. The number of Topliss-reactive ketones (excluding diaryl/α,β-unsaturated/α-hetero) is 1. The Morgan fingerprint density at radius 2 is 2.00 bits per heavy atom. The second kappa shape index (κ2) is 4.48. The minimum absolute atomic E-state index is 0.186. The van der Waals surface area contributed by atoms with Crippen LogP contribution in [0.5, 0.6) is 5.75 Å². The molecule has 0 aliphatic rings. The molecule has 0 N–H and O–H groups in total. The quantitative estimate of drug-likeness (QED) is 0.832. The fourth-order valence-electron chi connectivity index (χ4n) is 2.51. The van der Waals surface area contributed by atoms with E-state index in [0.29, 0.717) is 6.42 Å². The van der Waals surface area contributed by atoms with Gasteiger partial charge in [-0.3, -0.25) is 4.79 Å². The molecule has 0 aliphatic heterocycles. The number of benzene rings is 1. The predicted octanol–water partition coefficient (Wildman–Crippen LogP) is 2.94. The predicted molar refractivity (Wildman–Crippen MR) is 73.3 cm³/mol. The first-order valence-electron chi connectivity index (χ1n) is 6.07. The van der Waals surface area contributed by atoms with Gasteiger partial charge in [0.1, 0.15) is 11.5 Å². The zero-order chi connectivity index (χ0) is 13.4. The largest absolute Gasteiger partial charge is 0.495 e. The van der Waals surface area contributed by atoms with Crippen LogP contribution in [0.4, 0.5) is 0 Å². The lowest BCUT2D eigenvalue weighted by Gasteiger charge is -2.06. The first-order valence-corrected chi connectivity index (χ1v) is 6.07. The molecule has 2 aromatic rings. The SMILES string of the molecule is COc1cc(C)cc2c(CC(C)=O)c(C)n(C)c12. The number of carbonyl (C=O) groups excluding carboxylic acids is 1. The summed E-state index contributed by atoms with van der Waals surface area (Å²) in [5.41, 5.74) is 4.46. The van der Waals surface area contributed by atoms with Crippen molar-refractivity contribution in [2.75, 3.05) is 7.11 Å². The summed E-state index contributed by atoms with van der Waals surface area (Å²) in [6.45, 7) is 5.72. The summed E-state index contributed by atoms with van der Waals surface area (Å²) in [6.07, 6.45) is 0.482. The van der Waals surface area contributed by atoms with E-state index in [-0.39, 0.29) is 5.78 Å². The molecular weight excluding hydrogens is 226 g/mol.